The zero-order valence-corrected chi connectivity index (χ0v) is 18.6. The highest BCUT2D eigenvalue weighted by atomic mass is 19.3. The first-order valence-corrected chi connectivity index (χ1v) is 10.3. The third kappa shape index (κ3) is 6.28. The van der Waals surface area contributed by atoms with Gasteiger partial charge in [0, 0.05) is 31.5 Å². The molecule has 8 nitrogen and oxygen atoms in total. The molecule has 3 rings (SSSR count). The van der Waals surface area contributed by atoms with Gasteiger partial charge in [0.15, 0.2) is 0 Å². The van der Waals surface area contributed by atoms with Crippen LogP contribution in [0, 0.1) is 5.82 Å². The van der Waals surface area contributed by atoms with E-state index in [0.717, 1.165) is 0 Å². The maximum atomic E-state index is 13.9. The van der Waals surface area contributed by atoms with Gasteiger partial charge in [0.2, 0.25) is 5.89 Å². The Balaban J connectivity index is 1.84. The fourth-order valence-corrected chi connectivity index (χ4v) is 3.04. The number of urea groups is 1. The van der Waals surface area contributed by atoms with E-state index in [2.05, 4.69) is 15.2 Å². The van der Waals surface area contributed by atoms with Gasteiger partial charge in [0.1, 0.15) is 5.82 Å². The number of pyridine rings is 1. The summed E-state index contributed by atoms with van der Waals surface area (Å²) in [6.45, 7) is 3.61. The molecule has 0 aliphatic carbocycles. The van der Waals surface area contributed by atoms with Gasteiger partial charge in [-0.05, 0) is 51.4 Å². The zero-order valence-electron chi connectivity index (χ0n) is 18.6. The number of amides is 2. The van der Waals surface area contributed by atoms with Gasteiger partial charge in [-0.15, -0.1) is 10.2 Å². The second-order valence-electron chi connectivity index (χ2n) is 7.52. The number of nitrogens with zero attached hydrogens (tertiary/aromatic N) is 6. The number of likely N-dealkylation sites (N-methyl/N-ethyl adjacent to an activating group) is 2. The lowest BCUT2D eigenvalue weighted by atomic mass is 10.2. The van der Waals surface area contributed by atoms with E-state index in [1.165, 1.54) is 29.3 Å². The number of rotatable bonds is 9. The standard InChI is InChI=1S/C22H25F3N6O2/c1-4-30(11-10-29(2)3)22(32)31(18-7-5-6-16(23)12-18)14-17-9-8-15(13-26-17)20-27-28-21(33-20)19(24)25/h5-9,12-13,19H,4,10-11,14H2,1-3H3. The number of benzene rings is 1. The quantitative estimate of drug-likeness (QED) is 0.474. The van der Waals surface area contributed by atoms with Gasteiger partial charge in [-0.1, -0.05) is 6.07 Å². The molecule has 0 N–H and O–H groups in total. The van der Waals surface area contributed by atoms with Crippen molar-refractivity contribution in [2.24, 2.45) is 0 Å². The van der Waals surface area contributed by atoms with E-state index in [0.29, 0.717) is 36.6 Å². The minimum absolute atomic E-state index is 0.0765. The largest absolute Gasteiger partial charge is 0.415 e. The van der Waals surface area contributed by atoms with Gasteiger partial charge in [-0.2, -0.15) is 8.78 Å². The Labute approximate surface area is 189 Å². The Morgan fingerprint density at radius 1 is 1.12 bits per heavy atom. The molecule has 176 valence electrons. The van der Waals surface area contributed by atoms with Crippen LogP contribution in [0.4, 0.5) is 23.7 Å². The summed E-state index contributed by atoms with van der Waals surface area (Å²) in [4.78, 5) is 22.7. The zero-order chi connectivity index (χ0) is 24.0. The van der Waals surface area contributed by atoms with Crippen LogP contribution in [0.25, 0.3) is 11.5 Å². The smallest absolute Gasteiger partial charge is 0.324 e. The van der Waals surface area contributed by atoms with Gasteiger partial charge in [0.05, 0.1) is 17.8 Å². The van der Waals surface area contributed by atoms with E-state index in [4.69, 9.17) is 4.42 Å². The first-order chi connectivity index (χ1) is 15.8. The molecule has 0 bridgehead atoms. The molecule has 2 amide bonds. The highest BCUT2D eigenvalue weighted by molar-refractivity contribution is 5.91. The number of aromatic nitrogens is 3. The predicted octanol–water partition coefficient (Wildman–Crippen LogP) is 4.22. The van der Waals surface area contributed by atoms with Gasteiger partial charge >= 0.3 is 12.5 Å². The van der Waals surface area contributed by atoms with E-state index in [1.807, 2.05) is 25.9 Å². The monoisotopic (exact) mass is 462 g/mol. The molecule has 0 aliphatic heterocycles. The van der Waals surface area contributed by atoms with Crippen molar-refractivity contribution in [2.45, 2.75) is 19.9 Å². The maximum Gasteiger partial charge on any atom is 0.324 e. The number of anilines is 1. The fourth-order valence-electron chi connectivity index (χ4n) is 3.04. The molecule has 0 radical (unpaired) electrons. The molecule has 11 heteroatoms. The molecule has 2 aromatic heterocycles. The molecule has 33 heavy (non-hydrogen) atoms. The van der Waals surface area contributed by atoms with Crippen molar-refractivity contribution in [2.75, 3.05) is 38.6 Å². The highest BCUT2D eigenvalue weighted by Gasteiger charge is 2.23. The van der Waals surface area contributed by atoms with Crippen molar-refractivity contribution in [3.8, 4) is 11.5 Å². The van der Waals surface area contributed by atoms with E-state index in [-0.39, 0.29) is 18.5 Å². The van der Waals surface area contributed by atoms with E-state index >= 15 is 0 Å². The van der Waals surface area contributed by atoms with Crippen LogP contribution in [0.15, 0.2) is 47.0 Å². The van der Waals surface area contributed by atoms with Crippen molar-refractivity contribution >= 4 is 11.7 Å². The predicted molar refractivity (Wildman–Crippen MR) is 116 cm³/mol. The summed E-state index contributed by atoms with van der Waals surface area (Å²) in [7, 11) is 3.84. The molecule has 0 fully saturated rings. The Morgan fingerprint density at radius 3 is 2.48 bits per heavy atom. The summed E-state index contributed by atoms with van der Waals surface area (Å²) in [5.74, 6) is -1.31. The van der Waals surface area contributed by atoms with Crippen LogP contribution in [0.2, 0.25) is 0 Å². The lowest BCUT2D eigenvalue weighted by Crippen LogP contribution is -2.45. The van der Waals surface area contributed by atoms with Crippen LogP contribution in [0.1, 0.15) is 24.9 Å². The third-order valence-corrected chi connectivity index (χ3v) is 4.84. The summed E-state index contributed by atoms with van der Waals surface area (Å²) in [6.07, 6.45) is -1.46. The lowest BCUT2D eigenvalue weighted by Gasteiger charge is -2.30. The molecule has 1 aromatic carbocycles. The van der Waals surface area contributed by atoms with Crippen molar-refractivity contribution in [3.05, 3.63) is 60.0 Å². The molecule has 3 aromatic rings. The summed E-state index contributed by atoms with van der Waals surface area (Å²) in [5, 5.41) is 6.90. The number of hydrogen-bond donors (Lipinski definition) is 0. The molecule has 0 spiro atoms. The summed E-state index contributed by atoms with van der Waals surface area (Å²) < 4.78 is 44.2. The SMILES string of the molecule is CCN(CCN(C)C)C(=O)N(Cc1ccc(-c2nnc(C(F)F)o2)cn1)c1cccc(F)c1. The van der Waals surface area contributed by atoms with Crippen molar-refractivity contribution in [1.82, 2.24) is 25.0 Å². The van der Waals surface area contributed by atoms with E-state index < -0.39 is 18.1 Å². The van der Waals surface area contributed by atoms with Crippen LogP contribution in [-0.2, 0) is 6.54 Å². The number of halogens is 3. The third-order valence-electron chi connectivity index (χ3n) is 4.84. The minimum atomic E-state index is -2.86. The normalized spacial score (nSPS) is 11.3. The fraction of sp³-hybridized carbons (Fsp3) is 0.364. The molecule has 0 atom stereocenters. The molecular formula is C22H25F3N6O2. The molecule has 0 unspecified atom stereocenters. The van der Waals surface area contributed by atoms with Crippen LogP contribution in [-0.4, -0.2) is 64.7 Å². The Bertz CT molecular complexity index is 1060. The number of alkyl halides is 2. The van der Waals surface area contributed by atoms with Crippen LogP contribution >= 0.6 is 0 Å². The Morgan fingerprint density at radius 2 is 1.91 bits per heavy atom. The molecule has 0 aliphatic rings. The topological polar surface area (TPSA) is 78.6 Å². The number of carbonyl (C=O) groups excluding carboxylic acids is 1. The second-order valence-corrected chi connectivity index (χ2v) is 7.52. The van der Waals surface area contributed by atoms with Crippen LogP contribution < -0.4 is 4.90 Å². The molecule has 0 saturated heterocycles. The van der Waals surface area contributed by atoms with Gasteiger partial charge in [-0.3, -0.25) is 9.88 Å². The Hall–Kier alpha value is -3.47. The summed E-state index contributed by atoms with van der Waals surface area (Å²) >= 11 is 0. The molecule has 2 heterocycles. The second kappa shape index (κ2) is 10.9. The van der Waals surface area contributed by atoms with E-state index in [9.17, 15) is 18.0 Å². The maximum absolute atomic E-state index is 13.9. The number of carbonyl (C=O) groups is 1. The highest BCUT2D eigenvalue weighted by Crippen LogP contribution is 2.24. The average Bonchev–Trinajstić information content (AvgIpc) is 3.29. The summed E-state index contributed by atoms with van der Waals surface area (Å²) in [6, 6.07) is 8.71. The first kappa shape index (κ1) is 24.2. The van der Waals surface area contributed by atoms with Crippen molar-refractivity contribution in [3.63, 3.8) is 0 Å². The van der Waals surface area contributed by atoms with Crippen LogP contribution in [0.5, 0.6) is 0 Å². The summed E-state index contributed by atoms with van der Waals surface area (Å²) in [5.41, 5.74) is 1.27. The Kier molecular flexibility index (Phi) is 7.99. The number of hydrogen-bond acceptors (Lipinski definition) is 6. The van der Waals surface area contributed by atoms with Crippen LogP contribution in [0.3, 0.4) is 0 Å². The minimum Gasteiger partial charge on any atom is -0.415 e. The van der Waals surface area contributed by atoms with Gasteiger partial charge in [0.25, 0.3) is 5.89 Å². The molecule has 0 saturated carbocycles. The van der Waals surface area contributed by atoms with Crippen molar-refractivity contribution in [1.29, 1.82) is 0 Å². The van der Waals surface area contributed by atoms with Gasteiger partial charge < -0.3 is 14.2 Å². The first-order valence-electron chi connectivity index (χ1n) is 10.3. The van der Waals surface area contributed by atoms with Gasteiger partial charge in [-0.25, -0.2) is 9.18 Å². The van der Waals surface area contributed by atoms with E-state index in [1.54, 1.807) is 23.1 Å². The average molecular weight is 462 g/mol. The molecular weight excluding hydrogens is 437 g/mol. The lowest BCUT2D eigenvalue weighted by molar-refractivity contribution is 0.116. The van der Waals surface area contributed by atoms with Crippen molar-refractivity contribution < 1.29 is 22.4 Å².